The lowest BCUT2D eigenvalue weighted by molar-refractivity contribution is 0.487. The Bertz CT molecular complexity index is 1080. The number of benzene rings is 1. The molecule has 27 heavy (non-hydrogen) atoms. The third kappa shape index (κ3) is 3.86. The molecular weight excluding hydrogens is 356 g/mol. The second-order valence-electron chi connectivity index (χ2n) is 7.12. The second-order valence-corrected chi connectivity index (χ2v) is 7.50. The molecule has 0 N–H and O–H groups in total. The van der Waals surface area contributed by atoms with Crippen molar-refractivity contribution in [3.63, 3.8) is 0 Å². The summed E-state index contributed by atoms with van der Waals surface area (Å²) < 4.78 is 2.01. The molecule has 0 aliphatic carbocycles. The van der Waals surface area contributed by atoms with E-state index < -0.39 is 0 Å². The zero-order chi connectivity index (χ0) is 18.8. The van der Waals surface area contributed by atoms with Gasteiger partial charge in [0.25, 0.3) is 0 Å². The molecule has 0 fully saturated rings. The maximum absolute atomic E-state index is 6.06. The van der Waals surface area contributed by atoms with Crippen molar-refractivity contribution in [2.24, 2.45) is 5.92 Å². The van der Waals surface area contributed by atoms with Crippen molar-refractivity contribution in [3.8, 4) is 22.4 Å². The molecule has 0 unspecified atom stereocenters. The molecule has 136 valence electrons. The molecule has 3 heterocycles. The van der Waals surface area contributed by atoms with Gasteiger partial charge in [-0.25, -0.2) is 4.98 Å². The first-order valence-corrected chi connectivity index (χ1v) is 9.52. The smallest absolute Gasteiger partial charge is 0.129 e. The minimum atomic E-state index is 0.493. The molecule has 3 aromatic heterocycles. The van der Waals surface area contributed by atoms with E-state index in [0.29, 0.717) is 11.1 Å². The van der Waals surface area contributed by atoms with Crippen LogP contribution in [0.5, 0.6) is 0 Å². The quantitative estimate of drug-likeness (QED) is 0.410. The standard InChI is InChI=1S/C22H21ClN4/c1-15(2)9-11-27-14-18(13-25-27)19-4-3-10-24-22(19)17-6-5-16-7-8-21(23)26-20(16)12-17/h3-8,10,12-15H,9,11H2,1-2H3. The fourth-order valence-corrected chi connectivity index (χ4v) is 3.28. The molecule has 0 aliphatic heterocycles. The van der Waals surface area contributed by atoms with E-state index in [1.807, 2.05) is 35.3 Å². The number of aryl methyl sites for hydroxylation is 1. The first-order chi connectivity index (χ1) is 13.1. The van der Waals surface area contributed by atoms with Crippen LogP contribution in [0.25, 0.3) is 33.3 Å². The van der Waals surface area contributed by atoms with E-state index in [4.69, 9.17) is 11.6 Å². The molecule has 4 aromatic rings. The Morgan fingerprint density at radius 2 is 1.93 bits per heavy atom. The van der Waals surface area contributed by atoms with Gasteiger partial charge in [-0.2, -0.15) is 5.10 Å². The fourth-order valence-electron chi connectivity index (χ4n) is 3.12. The Kier molecular flexibility index (Phi) is 4.90. The summed E-state index contributed by atoms with van der Waals surface area (Å²) in [5.41, 5.74) is 4.94. The highest BCUT2D eigenvalue weighted by Gasteiger charge is 2.12. The highest BCUT2D eigenvalue weighted by atomic mass is 35.5. The van der Waals surface area contributed by atoms with Crippen LogP contribution in [0.2, 0.25) is 5.15 Å². The van der Waals surface area contributed by atoms with Crippen LogP contribution in [-0.2, 0) is 6.54 Å². The number of hydrogen-bond donors (Lipinski definition) is 0. The predicted octanol–water partition coefficient (Wildman–Crippen LogP) is 5.86. The molecule has 4 nitrogen and oxygen atoms in total. The van der Waals surface area contributed by atoms with Gasteiger partial charge in [-0.15, -0.1) is 0 Å². The van der Waals surface area contributed by atoms with E-state index in [2.05, 4.69) is 53.3 Å². The molecule has 5 heteroatoms. The Labute approximate surface area is 163 Å². The number of halogens is 1. The molecule has 0 atom stereocenters. The summed E-state index contributed by atoms with van der Waals surface area (Å²) in [6, 6.07) is 14.0. The molecule has 0 amide bonds. The second kappa shape index (κ2) is 7.49. The molecule has 0 aliphatic rings. The Morgan fingerprint density at radius 1 is 1.07 bits per heavy atom. The maximum Gasteiger partial charge on any atom is 0.129 e. The van der Waals surface area contributed by atoms with Crippen LogP contribution < -0.4 is 0 Å². The summed E-state index contributed by atoms with van der Waals surface area (Å²) in [4.78, 5) is 9.07. The van der Waals surface area contributed by atoms with Crippen LogP contribution in [-0.4, -0.2) is 19.7 Å². The zero-order valence-electron chi connectivity index (χ0n) is 15.4. The monoisotopic (exact) mass is 376 g/mol. The Morgan fingerprint density at radius 3 is 2.78 bits per heavy atom. The third-order valence-electron chi connectivity index (χ3n) is 4.62. The molecular formula is C22H21ClN4. The number of rotatable bonds is 5. The number of nitrogens with zero attached hydrogens (tertiary/aromatic N) is 4. The summed E-state index contributed by atoms with van der Waals surface area (Å²) in [6.45, 7) is 5.37. The maximum atomic E-state index is 6.06. The van der Waals surface area contributed by atoms with Gasteiger partial charge < -0.3 is 0 Å². The molecule has 0 saturated heterocycles. The topological polar surface area (TPSA) is 43.6 Å². The molecule has 0 radical (unpaired) electrons. The summed E-state index contributed by atoms with van der Waals surface area (Å²) in [5.74, 6) is 0.656. The van der Waals surface area contributed by atoms with Crippen molar-refractivity contribution >= 4 is 22.5 Å². The largest absolute Gasteiger partial charge is 0.272 e. The van der Waals surface area contributed by atoms with E-state index in [9.17, 15) is 0 Å². The predicted molar refractivity (Wildman–Crippen MR) is 111 cm³/mol. The van der Waals surface area contributed by atoms with Crippen molar-refractivity contribution in [1.29, 1.82) is 0 Å². The lowest BCUT2D eigenvalue weighted by atomic mass is 10.0. The lowest BCUT2D eigenvalue weighted by Gasteiger charge is -2.08. The first-order valence-electron chi connectivity index (χ1n) is 9.14. The van der Waals surface area contributed by atoms with Crippen LogP contribution in [0.1, 0.15) is 20.3 Å². The van der Waals surface area contributed by atoms with Crippen LogP contribution in [0.4, 0.5) is 0 Å². The van der Waals surface area contributed by atoms with Gasteiger partial charge in [-0.1, -0.05) is 43.6 Å². The van der Waals surface area contributed by atoms with Gasteiger partial charge in [0.15, 0.2) is 0 Å². The average Bonchev–Trinajstić information content (AvgIpc) is 3.14. The average molecular weight is 377 g/mol. The van der Waals surface area contributed by atoms with Gasteiger partial charge in [0.1, 0.15) is 5.15 Å². The van der Waals surface area contributed by atoms with Crippen molar-refractivity contribution in [1.82, 2.24) is 19.7 Å². The van der Waals surface area contributed by atoms with Gasteiger partial charge in [0.05, 0.1) is 17.4 Å². The SMILES string of the molecule is CC(C)CCn1cc(-c2cccnc2-c2ccc3ccc(Cl)nc3c2)cn1. The Hall–Kier alpha value is -2.72. The van der Waals surface area contributed by atoms with Gasteiger partial charge >= 0.3 is 0 Å². The number of hydrogen-bond acceptors (Lipinski definition) is 3. The summed E-state index contributed by atoms with van der Waals surface area (Å²) in [6.07, 6.45) is 6.94. The highest BCUT2D eigenvalue weighted by molar-refractivity contribution is 6.29. The normalized spacial score (nSPS) is 11.4. The van der Waals surface area contributed by atoms with Crippen LogP contribution in [0, 0.1) is 5.92 Å². The van der Waals surface area contributed by atoms with Crippen LogP contribution in [0.15, 0.2) is 61.1 Å². The minimum Gasteiger partial charge on any atom is -0.272 e. The number of pyridine rings is 2. The van der Waals surface area contributed by atoms with Crippen molar-refractivity contribution in [2.75, 3.05) is 0 Å². The van der Waals surface area contributed by atoms with E-state index in [1.54, 1.807) is 6.07 Å². The molecule has 1 aromatic carbocycles. The molecule has 4 rings (SSSR count). The Balaban J connectivity index is 1.73. The van der Waals surface area contributed by atoms with E-state index in [-0.39, 0.29) is 0 Å². The van der Waals surface area contributed by atoms with Crippen LogP contribution >= 0.6 is 11.6 Å². The lowest BCUT2D eigenvalue weighted by Crippen LogP contribution is -2.01. The first kappa shape index (κ1) is 17.7. The summed E-state index contributed by atoms with van der Waals surface area (Å²) >= 11 is 6.06. The van der Waals surface area contributed by atoms with Gasteiger partial charge in [0.2, 0.25) is 0 Å². The van der Waals surface area contributed by atoms with Crippen molar-refractivity contribution in [2.45, 2.75) is 26.8 Å². The highest BCUT2D eigenvalue weighted by Crippen LogP contribution is 2.31. The van der Waals surface area contributed by atoms with Crippen LogP contribution in [0.3, 0.4) is 0 Å². The van der Waals surface area contributed by atoms with E-state index >= 15 is 0 Å². The van der Waals surface area contributed by atoms with E-state index in [1.165, 1.54) is 0 Å². The van der Waals surface area contributed by atoms with Gasteiger partial charge in [0, 0.05) is 41.0 Å². The van der Waals surface area contributed by atoms with Gasteiger partial charge in [-0.3, -0.25) is 9.67 Å². The molecule has 0 spiro atoms. The number of fused-ring (bicyclic) bond motifs is 1. The summed E-state index contributed by atoms with van der Waals surface area (Å²) in [5, 5.41) is 6.07. The number of aromatic nitrogens is 4. The minimum absolute atomic E-state index is 0.493. The fraction of sp³-hybridized carbons (Fsp3) is 0.227. The van der Waals surface area contributed by atoms with E-state index in [0.717, 1.165) is 46.3 Å². The molecule has 0 bridgehead atoms. The zero-order valence-corrected chi connectivity index (χ0v) is 16.2. The van der Waals surface area contributed by atoms with Crippen molar-refractivity contribution in [3.05, 3.63) is 66.2 Å². The molecule has 0 saturated carbocycles. The van der Waals surface area contributed by atoms with Gasteiger partial charge in [-0.05, 0) is 36.6 Å². The third-order valence-corrected chi connectivity index (χ3v) is 4.83. The summed E-state index contributed by atoms with van der Waals surface area (Å²) in [7, 11) is 0. The van der Waals surface area contributed by atoms with Crippen molar-refractivity contribution < 1.29 is 0 Å².